The fourth-order valence-electron chi connectivity index (χ4n) is 1.24. The zero-order valence-corrected chi connectivity index (χ0v) is 9.05. The molecule has 0 saturated heterocycles. The lowest BCUT2D eigenvalue weighted by molar-refractivity contribution is 0.959. The maximum atomic E-state index is 8.96. The van der Waals surface area contributed by atoms with Crippen molar-refractivity contribution >= 4 is 17.4 Å². The van der Waals surface area contributed by atoms with E-state index >= 15 is 0 Å². The van der Waals surface area contributed by atoms with Crippen LogP contribution in [0.4, 0.5) is 5.82 Å². The number of anilines is 1. The van der Waals surface area contributed by atoms with Crippen LogP contribution in [0, 0.1) is 22.7 Å². The quantitative estimate of drug-likeness (QED) is 0.788. The lowest BCUT2D eigenvalue weighted by Crippen LogP contribution is -2.04. The molecule has 7 nitrogen and oxygen atoms in total. The molecule has 0 fully saturated rings. The second kappa shape index (κ2) is 4.08. The molecule has 17 heavy (non-hydrogen) atoms. The summed E-state index contributed by atoms with van der Waals surface area (Å²) in [5.74, 6) is 0.303. The standard InChI is InChI=1S/C9H4ClN7/c10-7-8(13)14-3-15-9(7)17-4-16-5(1-11)6(17)2-12/h3-4H,(H2,13,14,15). The Labute approximate surface area is 101 Å². The van der Waals surface area contributed by atoms with E-state index in [0.29, 0.717) is 0 Å². The topological polar surface area (TPSA) is 117 Å². The molecule has 0 aromatic carbocycles. The molecule has 0 aliphatic rings. The predicted molar refractivity (Wildman–Crippen MR) is 58.0 cm³/mol. The lowest BCUT2D eigenvalue weighted by Gasteiger charge is -2.05. The first kappa shape index (κ1) is 10.9. The van der Waals surface area contributed by atoms with Crippen molar-refractivity contribution in [3.63, 3.8) is 0 Å². The molecule has 2 aromatic rings. The zero-order valence-electron chi connectivity index (χ0n) is 8.29. The smallest absolute Gasteiger partial charge is 0.177 e. The van der Waals surface area contributed by atoms with Crippen LogP contribution in [0.5, 0.6) is 0 Å². The second-order valence-corrected chi connectivity index (χ2v) is 3.31. The number of aromatic nitrogens is 4. The first-order valence-electron chi connectivity index (χ1n) is 4.33. The third-order valence-electron chi connectivity index (χ3n) is 2.01. The van der Waals surface area contributed by atoms with Gasteiger partial charge in [0.25, 0.3) is 0 Å². The van der Waals surface area contributed by atoms with Gasteiger partial charge in [0.15, 0.2) is 17.2 Å². The van der Waals surface area contributed by atoms with Crippen molar-refractivity contribution < 1.29 is 0 Å². The van der Waals surface area contributed by atoms with Gasteiger partial charge in [-0.15, -0.1) is 0 Å². The summed E-state index contributed by atoms with van der Waals surface area (Å²) in [7, 11) is 0. The van der Waals surface area contributed by atoms with Crippen molar-refractivity contribution in [2.75, 3.05) is 5.73 Å². The summed E-state index contributed by atoms with van der Waals surface area (Å²) >= 11 is 5.92. The summed E-state index contributed by atoms with van der Waals surface area (Å²) in [6.45, 7) is 0. The SMILES string of the molecule is N#Cc1ncn(-c2ncnc(N)c2Cl)c1C#N. The molecule has 0 saturated carbocycles. The van der Waals surface area contributed by atoms with E-state index in [1.807, 2.05) is 6.07 Å². The van der Waals surface area contributed by atoms with Gasteiger partial charge in [0, 0.05) is 0 Å². The van der Waals surface area contributed by atoms with Gasteiger partial charge < -0.3 is 5.73 Å². The summed E-state index contributed by atoms with van der Waals surface area (Å²) in [5.41, 5.74) is 5.57. The number of rotatable bonds is 1. The maximum Gasteiger partial charge on any atom is 0.177 e. The monoisotopic (exact) mass is 245 g/mol. The average Bonchev–Trinajstić information content (AvgIpc) is 2.75. The van der Waals surface area contributed by atoms with E-state index in [9.17, 15) is 0 Å². The Hall–Kier alpha value is -2.64. The number of hydrogen-bond acceptors (Lipinski definition) is 6. The molecule has 0 atom stereocenters. The molecule has 8 heteroatoms. The van der Waals surface area contributed by atoms with Crippen molar-refractivity contribution in [2.45, 2.75) is 0 Å². The Morgan fingerprint density at radius 2 is 2.00 bits per heavy atom. The summed E-state index contributed by atoms with van der Waals surface area (Å²) in [5, 5.41) is 17.8. The van der Waals surface area contributed by atoms with Crippen LogP contribution in [0.15, 0.2) is 12.7 Å². The molecule has 0 aliphatic carbocycles. The lowest BCUT2D eigenvalue weighted by atomic mass is 10.3. The highest BCUT2D eigenvalue weighted by Gasteiger charge is 2.16. The third kappa shape index (κ3) is 1.65. The van der Waals surface area contributed by atoms with Gasteiger partial charge in [-0.1, -0.05) is 11.6 Å². The number of halogens is 1. The molecule has 2 N–H and O–H groups in total. The molecule has 82 valence electrons. The molecule has 2 rings (SSSR count). The second-order valence-electron chi connectivity index (χ2n) is 2.93. The minimum atomic E-state index is 0.000695. The minimum absolute atomic E-state index is 0.000695. The number of nitrogen functional groups attached to an aromatic ring is 1. The highest BCUT2D eigenvalue weighted by atomic mass is 35.5. The van der Waals surface area contributed by atoms with E-state index in [4.69, 9.17) is 27.9 Å². The Morgan fingerprint density at radius 1 is 1.24 bits per heavy atom. The molecule has 2 heterocycles. The van der Waals surface area contributed by atoms with Gasteiger partial charge in [-0.25, -0.2) is 15.0 Å². The molecule has 0 aliphatic heterocycles. The largest absolute Gasteiger partial charge is 0.382 e. The van der Waals surface area contributed by atoms with Crippen LogP contribution in [0.25, 0.3) is 5.82 Å². The number of nitrogens with zero attached hydrogens (tertiary/aromatic N) is 6. The van der Waals surface area contributed by atoms with Gasteiger partial charge in [-0.2, -0.15) is 10.5 Å². The average molecular weight is 246 g/mol. The van der Waals surface area contributed by atoms with Crippen LogP contribution >= 0.6 is 11.6 Å². The van der Waals surface area contributed by atoms with E-state index in [-0.39, 0.29) is 28.0 Å². The summed E-state index contributed by atoms with van der Waals surface area (Å²) in [6.07, 6.45) is 2.49. The van der Waals surface area contributed by atoms with Gasteiger partial charge in [0.1, 0.15) is 35.6 Å². The van der Waals surface area contributed by atoms with Gasteiger partial charge in [-0.3, -0.25) is 4.57 Å². The molecular formula is C9H4ClN7. The number of imidazole rings is 1. The van der Waals surface area contributed by atoms with Gasteiger partial charge in [0.2, 0.25) is 0 Å². The molecule has 0 amide bonds. The molecule has 0 unspecified atom stereocenters. The van der Waals surface area contributed by atoms with Gasteiger partial charge in [0.05, 0.1) is 0 Å². The van der Waals surface area contributed by atoms with Crippen LogP contribution in [0.2, 0.25) is 5.02 Å². The van der Waals surface area contributed by atoms with Crippen LogP contribution in [0.3, 0.4) is 0 Å². The molecule has 0 bridgehead atoms. The van der Waals surface area contributed by atoms with Crippen molar-refractivity contribution in [2.24, 2.45) is 0 Å². The van der Waals surface area contributed by atoms with Crippen LogP contribution in [-0.4, -0.2) is 19.5 Å². The van der Waals surface area contributed by atoms with Crippen molar-refractivity contribution in [3.8, 4) is 18.0 Å². The molecule has 0 radical (unpaired) electrons. The van der Waals surface area contributed by atoms with E-state index in [0.717, 1.165) is 0 Å². The molecule has 0 spiro atoms. The fraction of sp³-hybridized carbons (Fsp3) is 0. The summed E-state index contributed by atoms with van der Waals surface area (Å²) < 4.78 is 1.29. The van der Waals surface area contributed by atoms with Crippen molar-refractivity contribution in [1.29, 1.82) is 10.5 Å². The van der Waals surface area contributed by atoms with Crippen LogP contribution in [-0.2, 0) is 0 Å². The Kier molecular flexibility index (Phi) is 2.61. The van der Waals surface area contributed by atoms with E-state index < -0.39 is 0 Å². The third-order valence-corrected chi connectivity index (χ3v) is 2.37. The van der Waals surface area contributed by atoms with Gasteiger partial charge in [-0.05, 0) is 0 Å². The first-order valence-corrected chi connectivity index (χ1v) is 4.70. The normalized spacial score (nSPS) is 9.59. The highest BCUT2D eigenvalue weighted by Crippen LogP contribution is 2.23. The fourth-order valence-corrected chi connectivity index (χ4v) is 1.43. The van der Waals surface area contributed by atoms with E-state index in [2.05, 4.69) is 15.0 Å². The first-order chi connectivity index (χ1) is 8.19. The van der Waals surface area contributed by atoms with E-state index in [1.165, 1.54) is 17.2 Å². The minimum Gasteiger partial charge on any atom is -0.382 e. The zero-order chi connectivity index (χ0) is 12.4. The summed E-state index contributed by atoms with van der Waals surface area (Å²) in [6, 6.07) is 3.66. The highest BCUT2D eigenvalue weighted by molar-refractivity contribution is 6.34. The summed E-state index contributed by atoms with van der Waals surface area (Å²) in [4.78, 5) is 11.4. The predicted octanol–water partition coefficient (Wildman–Crippen LogP) is 0.641. The number of nitriles is 2. The van der Waals surface area contributed by atoms with Crippen molar-refractivity contribution in [3.05, 3.63) is 29.1 Å². The molecular weight excluding hydrogens is 242 g/mol. The van der Waals surface area contributed by atoms with Crippen LogP contribution in [0.1, 0.15) is 11.4 Å². The Morgan fingerprint density at radius 3 is 2.65 bits per heavy atom. The number of nitrogens with two attached hydrogens (primary N) is 1. The Bertz CT molecular complexity index is 661. The van der Waals surface area contributed by atoms with Gasteiger partial charge >= 0.3 is 0 Å². The van der Waals surface area contributed by atoms with Crippen molar-refractivity contribution in [1.82, 2.24) is 19.5 Å². The molecule has 2 aromatic heterocycles. The Balaban J connectivity index is 2.71. The van der Waals surface area contributed by atoms with E-state index in [1.54, 1.807) is 6.07 Å². The van der Waals surface area contributed by atoms with Crippen LogP contribution < -0.4 is 5.73 Å². The maximum absolute atomic E-state index is 8.96. The number of hydrogen-bond donors (Lipinski definition) is 1.